The number of nitrogens with zero attached hydrogens (tertiary/aromatic N) is 4. The Morgan fingerprint density at radius 3 is 1.29 bits per heavy atom. The molecule has 304 valence electrons. The lowest BCUT2D eigenvalue weighted by Crippen LogP contribution is -1.99. The normalized spacial score (nSPS) is 11.9. The summed E-state index contributed by atoms with van der Waals surface area (Å²) in [6.45, 7) is 0. The van der Waals surface area contributed by atoms with Gasteiger partial charge in [0.1, 0.15) is 0 Å². The van der Waals surface area contributed by atoms with Crippen molar-refractivity contribution in [2.45, 2.75) is 0 Å². The van der Waals surface area contributed by atoms with Gasteiger partial charge in [-0.05, 0) is 118 Å². The average Bonchev–Trinajstić information content (AvgIpc) is 3.39. The molecule has 0 bridgehead atoms. The molecule has 0 aliphatic rings. The Hall–Kier alpha value is -8.86. The molecule has 0 radical (unpaired) electrons. The van der Waals surface area contributed by atoms with Crippen LogP contribution in [-0.4, -0.2) is 19.9 Å². The molecule has 66 heavy (non-hydrogen) atoms. The van der Waals surface area contributed by atoms with Gasteiger partial charge in [0.2, 0.25) is 0 Å². The van der Waals surface area contributed by atoms with Crippen molar-refractivity contribution in [3.8, 4) is 67.4 Å². The van der Waals surface area contributed by atoms with Gasteiger partial charge in [0.15, 0.2) is 5.82 Å². The molecule has 0 saturated heterocycles. The van der Waals surface area contributed by atoms with Crippen molar-refractivity contribution < 1.29 is 0 Å². The summed E-state index contributed by atoms with van der Waals surface area (Å²) in [6, 6.07) is 74.4. The van der Waals surface area contributed by atoms with Gasteiger partial charge in [-0.2, -0.15) is 0 Å². The topological polar surface area (TPSA) is 51.6 Å². The number of benzene rings is 11. The van der Waals surface area contributed by atoms with Crippen LogP contribution in [0.4, 0.5) is 0 Å². The van der Waals surface area contributed by atoms with Crippen LogP contribution in [0.3, 0.4) is 0 Å². The van der Waals surface area contributed by atoms with Crippen LogP contribution in [0.5, 0.6) is 0 Å². The van der Waals surface area contributed by atoms with Crippen LogP contribution in [0.25, 0.3) is 143 Å². The van der Waals surface area contributed by atoms with E-state index in [0.717, 1.165) is 66.9 Å². The summed E-state index contributed by atoms with van der Waals surface area (Å²) in [5.74, 6) is 0.660. The van der Waals surface area contributed by atoms with Gasteiger partial charge < -0.3 is 0 Å². The fourth-order valence-corrected chi connectivity index (χ4v) is 10.6. The molecule has 14 rings (SSSR count). The van der Waals surface area contributed by atoms with E-state index in [4.69, 9.17) is 9.97 Å². The highest BCUT2D eigenvalue weighted by atomic mass is 14.9. The number of fused-ring (bicyclic) bond motifs is 1. The molecule has 4 heteroatoms. The molecule has 0 spiro atoms. The van der Waals surface area contributed by atoms with Crippen LogP contribution in [0.1, 0.15) is 0 Å². The summed E-state index contributed by atoms with van der Waals surface area (Å²) >= 11 is 0. The second-order valence-electron chi connectivity index (χ2n) is 17.3. The third kappa shape index (κ3) is 5.65. The maximum absolute atomic E-state index is 5.61. The molecule has 11 aromatic carbocycles. The van der Waals surface area contributed by atoms with E-state index in [1.807, 2.05) is 48.8 Å². The number of hydrogen-bond donors (Lipinski definition) is 0. The van der Waals surface area contributed by atoms with E-state index in [2.05, 4.69) is 180 Å². The standard InChI is InChI=1S/C62H36N4/c1-3-33-63-54(11-1)37-13-21-45(22-14-37)60-53-36-47(48-29-25-43-19-17-39-7-5-9-41-27-31-50(48)58(43)56(39)41)35-52(49-30-26-44-20-18-40-8-6-10-42-28-32-51(49)59(44)57(40)42)61(53)66-62(65-60)46-23-15-38(16-24-46)55-12-2-4-34-64-55/h1-36H. The van der Waals surface area contributed by atoms with Gasteiger partial charge >= 0.3 is 0 Å². The summed E-state index contributed by atoms with van der Waals surface area (Å²) in [5, 5.41) is 16.0. The lowest BCUT2D eigenvalue weighted by molar-refractivity contribution is 1.23. The van der Waals surface area contributed by atoms with E-state index < -0.39 is 0 Å². The second kappa shape index (κ2) is 14.3. The highest BCUT2D eigenvalue weighted by Crippen LogP contribution is 2.46. The minimum Gasteiger partial charge on any atom is -0.256 e. The molecule has 0 unspecified atom stereocenters. The van der Waals surface area contributed by atoms with Gasteiger partial charge in [-0.1, -0.05) is 170 Å². The summed E-state index contributed by atoms with van der Waals surface area (Å²) in [7, 11) is 0. The Labute approximate surface area is 379 Å². The Morgan fingerprint density at radius 1 is 0.273 bits per heavy atom. The molecule has 0 N–H and O–H groups in total. The van der Waals surface area contributed by atoms with Gasteiger partial charge in [-0.15, -0.1) is 0 Å². The summed E-state index contributed by atoms with van der Waals surface area (Å²) in [6.07, 6.45) is 3.67. The van der Waals surface area contributed by atoms with Crippen molar-refractivity contribution in [3.63, 3.8) is 0 Å². The summed E-state index contributed by atoms with van der Waals surface area (Å²) in [5.41, 5.74) is 12.1. The van der Waals surface area contributed by atoms with Gasteiger partial charge in [-0.25, -0.2) is 9.97 Å². The molecule has 0 atom stereocenters. The van der Waals surface area contributed by atoms with E-state index >= 15 is 0 Å². The van der Waals surface area contributed by atoms with Crippen LogP contribution < -0.4 is 0 Å². The van der Waals surface area contributed by atoms with Crippen molar-refractivity contribution in [2.24, 2.45) is 0 Å². The summed E-state index contributed by atoms with van der Waals surface area (Å²) < 4.78 is 0. The summed E-state index contributed by atoms with van der Waals surface area (Å²) in [4.78, 5) is 20.4. The van der Waals surface area contributed by atoms with E-state index in [1.165, 1.54) is 70.2 Å². The Balaban J connectivity index is 1.08. The zero-order valence-corrected chi connectivity index (χ0v) is 35.6. The van der Waals surface area contributed by atoms with E-state index in [-0.39, 0.29) is 0 Å². The predicted octanol–water partition coefficient (Wildman–Crippen LogP) is 16.2. The fourth-order valence-electron chi connectivity index (χ4n) is 10.6. The molecular formula is C62H36N4. The van der Waals surface area contributed by atoms with Crippen LogP contribution in [-0.2, 0) is 0 Å². The molecule has 14 aromatic rings. The number of pyridine rings is 2. The first-order valence-corrected chi connectivity index (χ1v) is 22.4. The van der Waals surface area contributed by atoms with Gasteiger partial charge in [0.05, 0.1) is 22.6 Å². The maximum atomic E-state index is 5.61. The Bertz CT molecular complexity index is 4150. The number of aromatic nitrogens is 4. The van der Waals surface area contributed by atoms with Crippen LogP contribution in [0.2, 0.25) is 0 Å². The molecule has 3 aromatic heterocycles. The Kier molecular flexibility index (Phi) is 7.95. The maximum Gasteiger partial charge on any atom is 0.160 e. The van der Waals surface area contributed by atoms with Crippen molar-refractivity contribution in [1.82, 2.24) is 19.9 Å². The largest absolute Gasteiger partial charge is 0.256 e. The monoisotopic (exact) mass is 836 g/mol. The Morgan fingerprint density at radius 2 is 0.742 bits per heavy atom. The minimum atomic E-state index is 0.660. The smallest absolute Gasteiger partial charge is 0.160 e. The highest BCUT2D eigenvalue weighted by Gasteiger charge is 2.22. The third-order valence-electron chi connectivity index (χ3n) is 13.7. The first-order chi connectivity index (χ1) is 32.7. The number of rotatable bonds is 6. The molecule has 0 fully saturated rings. The van der Waals surface area contributed by atoms with E-state index in [9.17, 15) is 0 Å². The molecular weight excluding hydrogens is 801 g/mol. The number of hydrogen-bond acceptors (Lipinski definition) is 4. The molecule has 0 aliphatic heterocycles. The SMILES string of the molecule is c1ccc(-c2ccc(-c3nc(-c4ccc(-c5ccccn5)cc4)c4cc(-c5ccc6ccc7cccc8ccc5c6c78)cc(-c5ccc6ccc7cccc8ccc5c6c78)c4n3)cc2)nc1. The van der Waals surface area contributed by atoms with Gasteiger partial charge in [0.25, 0.3) is 0 Å². The van der Waals surface area contributed by atoms with E-state index in [1.54, 1.807) is 0 Å². The van der Waals surface area contributed by atoms with Crippen LogP contribution in [0.15, 0.2) is 219 Å². The highest BCUT2D eigenvalue weighted by molar-refractivity contribution is 6.28. The minimum absolute atomic E-state index is 0.660. The van der Waals surface area contributed by atoms with Crippen molar-refractivity contribution >= 4 is 75.5 Å². The molecule has 3 heterocycles. The lowest BCUT2D eigenvalue weighted by atomic mass is 9.86. The third-order valence-corrected chi connectivity index (χ3v) is 13.7. The predicted molar refractivity (Wildman–Crippen MR) is 275 cm³/mol. The first-order valence-electron chi connectivity index (χ1n) is 22.4. The second-order valence-corrected chi connectivity index (χ2v) is 17.3. The van der Waals surface area contributed by atoms with Crippen molar-refractivity contribution in [2.75, 3.05) is 0 Å². The first kappa shape index (κ1) is 36.6. The molecule has 0 aliphatic carbocycles. The van der Waals surface area contributed by atoms with E-state index in [0.29, 0.717) is 5.82 Å². The van der Waals surface area contributed by atoms with Crippen molar-refractivity contribution in [3.05, 3.63) is 219 Å². The van der Waals surface area contributed by atoms with Crippen molar-refractivity contribution in [1.29, 1.82) is 0 Å². The molecule has 0 saturated carbocycles. The van der Waals surface area contributed by atoms with Crippen LogP contribution in [0, 0.1) is 0 Å². The lowest BCUT2D eigenvalue weighted by Gasteiger charge is -2.19. The van der Waals surface area contributed by atoms with Gasteiger partial charge in [-0.3, -0.25) is 9.97 Å². The molecule has 4 nitrogen and oxygen atoms in total. The zero-order chi connectivity index (χ0) is 43.3. The zero-order valence-electron chi connectivity index (χ0n) is 35.6. The quantitative estimate of drug-likeness (QED) is 0.157. The van der Waals surface area contributed by atoms with Crippen LogP contribution >= 0.6 is 0 Å². The fraction of sp³-hybridized carbons (Fsp3) is 0. The molecule has 0 amide bonds. The average molecular weight is 837 g/mol. The van der Waals surface area contributed by atoms with Gasteiger partial charge in [0, 0.05) is 45.6 Å².